The first-order valence-corrected chi connectivity index (χ1v) is 8.69. The topological polar surface area (TPSA) is 64.6 Å². The molecule has 24 heavy (non-hydrogen) atoms. The zero-order valence-electron chi connectivity index (χ0n) is 14.5. The molecule has 0 amide bonds. The average molecular weight is 333 g/mol. The summed E-state index contributed by atoms with van der Waals surface area (Å²) in [6.07, 6.45) is 6.52. The fourth-order valence-electron chi connectivity index (χ4n) is 3.38. The number of methoxy groups -OCH3 is 1. The van der Waals surface area contributed by atoms with Gasteiger partial charge in [-0.15, -0.1) is 0 Å². The standard InChI is InChI=1S/C19H27NO4/c1-3-24-18(22)17(19(14-21)12-6-4-5-7-13-19)20-15-8-10-16(23-2)11-9-15/h8-11,14,17,20H,3-7,12-13H2,1-2H3/t17-/m1/s1. The van der Waals surface area contributed by atoms with Crippen LogP contribution in [0.1, 0.15) is 45.4 Å². The van der Waals surface area contributed by atoms with Crippen molar-refractivity contribution in [2.24, 2.45) is 5.41 Å². The molecule has 0 saturated heterocycles. The number of anilines is 1. The van der Waals surface area contributed by atoms with E-state index < -0.39 is 11.5 Å². The minimum Gasteiger partial charge on any atom is -0.497 e. The van der Waals surface area contributed by atoms with Crippen molar-refractivity contribution in [3.63, 3.8) is 0 Å². The smallest absolute Gasteiger partial charge is 0.329 e. The molecule has 1 aromatic carbocycles. The van der Waals surface area contributed by atoms with E-state index in [2.05, 4.69) is 5.32 Å². The molecule has 5 nitrogen and oxygen atoms in total. The first-order chi connectivity index (χ1) is 11.6. The van der Waals surface area contributed by atoms with E-state index >= 15 is 0 Å². The van der Waals surface area contributed by atoms with E-state index in [-0.39, 0.29) is 5.97 Å². The third kappa shape index (κ3) is 4.28. The van der Waals surface area contributed by atoms with Gasteiger partial charge >= 0.3 is 5.97 Å². The van der Waals surface area contributed by atoms with Gasteiger partial charge in [-0.25, -0.2) is 4.79 Å². The van der Waals surface area contributed by atoms with Crippen molar-refractivity contribution in [1.29, 1.82) is 0 Å². The first-order valence-electron chi connectivity index (χ1n) is 8.69. The van der Waals surface area contributed by atoms with Gasteiger partial charge in [-0.05, 0) is 44.0 Å². The number of hydrogen-bond donors (Lipinski definition) is 1. The number of rotatable bonds is 7. The molecule has 0 heterocycles. The van der Waals surface area contributed by atoms with Crippen LogP contribution in [0.2, 0.25) is 0 Å². The minimum absolute atomic E-state index is 0.300. The fourth-order valence-corrected chi connectivity index (χ4v) is 3.38. The molecule has 0 aromatic heterocycles. The molecular weight excluding hydrogens is 306 g/mol. The summed E-state index contributed by atoms with van der Waals surface area (Å²) in [5, 5.41) is 3.24. The quantitative estimate of drug-likeness (QED) is 0.469. The molecule has 0 unspecified atom stereocenters. The Bertz CT molecular complexity index is 533. The Morgan fingerprint density at radius 1 is 1.21 bits per heavy atom. The lowest BCUT2D eigenvalue weighted by Crippen LogP contribution is -2.48. The van der Waals surface area contributed by atoms with Gasteiger partial charge in [0, 0.05) is 5.69 Å². The summed E-state index contributed by atoms with van der Waals surface area (Å²) in [6.45, 7) is 2.08. The van der Waals surface area contributed by atoms with Gasteiger partial charge in [-0.2, -0.15) is 0 Å². The largest absolute Gasteiger partial charge is 0.497 e. The van der Waals surface area contributed by atoms with Gasteiger partial charge in [-0.1, -0.05) is 25.7 Å². The molecule has 0 bridgehead atoms. The summed E-state index contributed by atoms with van der Waals surface area (Å²) < 4.78 is 10.4. The van der Waals surface area contributed by atoms with Gasteiger partial charge < -0.3 is 19.6 Å². The van der Waals surface area contributed by atoms with Gasteiger partial charge in [0.15, 0.2) is 0 Å². The van der Waals surface area contributed by atoms with E-state index in [1.165, 1.54) is 0 Å². The van der Waals surface area contributed by atoms with E-state index in [9.17, 15) is 9.59 Å². The second-order valence-corrected chi connectivity index (χ2v) is 6.32. The molecule has 1 aliphatic carbocycles. The Morgan fingerprint density at radius 3 is 2.33 bits per heavy atom. The van der Waals surface area contributed by atoms with Crippen LogP contribution in [0.25, 0.3) is 0 Å². The molecule has 132 valence electrons. The Hall–Kier alpha value is -2.04. The van der Waals surface area contributed by atoms with Crippen molar-refractivity contribution in [1.82, 2.24) is 0 Å². The molecule has 1 saturated carbocycles. The number of esters is 1. The van der Waals surface area contributed by atoms with Crippen LogP contribution in [0.15, 0.2) is 24.3 Å². The van der Waals surface area contributed by atoms with Crippen LogP contribution >= 0.6 is 0 Å². The SMILES string of the molecule is CCOC(=O)[C@@H](Nc1ccc(OC)cc1)C1(C=O)CCCCCC1. The minimum atomic E-state index is -0.706. The molecule has 5 heteroatoms. The molecule has 2 rings (SSSR count). The second kappa shape index (κ2) is 8.71. The van der Waals surface area contributed by atoms with Crippen LogP contribution in [0, 0.1) is 5.41 Å². The van der Waals surface area contributed by atoms with Crippen molar-refractivity contribution in [2.75, 3.05) is 19.0 Å². The Balaban J connectivity index is 2.27. The monoisotopic (exact) mass is 333 g/mol. The third-order valence-electron chi connectivity index (χ3n) is 4.77. The first kappa shape index (κ1) is 18.3. The summed E-state index contributed by atoms with van der Waals surface area (Å²) >= 11 is 0. The number of ether oxygens (including phenoxy) is 2. The van der Waals surface area contributed by atoms with Crippen LogP contribution in [0.4, 0.5) is 5.69 Å². The lowest BCUT2D eigenvalue weighted by Gasteiger charge is -2.35. The molecule has 0 aliphatic heterocycles. The Morgan fingerprint density at radius 2 is 1.83 bits per heavy atom. The number of nitrogens with one attached hydrogen (secondary N) is 1. The highest BCUT2D eigenvalue weighted by Gasteiger charge is 2.44. The molecule has 1 aromatic rings. The van der Waals surface area contributed by atoms with Gasteiger partial charge in [0.2, 0.25) is 0 Å². The van der Waals surface area contributed by atoms with Crippen LogP contribution in [-0.2, 0) is 14.3 Å². The van der Waals surface area contributed by atoms with E-state index in [1.807, 2.05) is 24.3 Å². The molecule has 0 spiro atoms. The van der Waals surface area contributed by atoms with E-state index in [0.717, 1.165) is 43.4 Å². The molecule has 1 fully saturated rings. The summed E-state index contributed by atoms with van der Waals surface area (Å²) in [6, 6.07) is 6.68. The van der Waals surface area contributed by atoms with Crippen molar-refractivity contribution in [3.05, 3.63) is 24.3 Å². The van der Waals surface area contributed by atoms with Crippen LogP contribution in [-0.4, -0.2) is 32.0 Å². The maximum Gasteiger partial charge on any atom is 0.329 e. The average Bonchev–Trinajstić information content (AvgIpc) is 2.86. The number of hydrogen-bond acceptors (Lipinski definition) is 5. The lowest BCUT2D eigenvalue weighted by molar-refractivity contribution is -0.149. The summed E-state index contributed by atoms with van der Waals surface area (Å²) in [5.74, 6) is 0.384. The van der Waals surface area contributed by atoms with Crippen molar-refractivity contribution in [2.45, 2.75) is 51.5 Å². The summed E-state index contributed by atoms with van der Waals surface area (Å²) in [7, 11) is 1.61. The number of carbonyl (C=O) groups is 2. The Labute approximate surface area is 143 Å². The number of benzene rings is 1. The normalized spacial score (nSPS) is 18.1. The fraction of sp³-hybridized carbons (Fsp3) is 0.579. The maximum absolute atomic E-state index is 12.6. The zero-order chi connectivity index (χ0) is 17.4. The van der Waals surface area contributed by atoms with Crippen molar-refractivity contribution < 1.29 is 19.1 Å². The Kier molecular flexibility index (Phi) is 6.64. The molecule has 1 N–H and O–H groups in total. The number of aldehydes is 1. The molecule has 1 aliphatic rings. The molecule has 0 radical (unpaired) electrons. The highest BCUT2D eigenvalue weighted by Crippen LogP contribution is 2.38. The van der Waals surface area contributed by atoms with Crippen molar-refractivity contribution in [3.8, 4) is 5.75 Å². The van der Waals surface area contributed by atoms with Gasteiger partial charge in [0.25, 0.3) is 0 Å². The van der Waals surface area contributed by atoms with E-state index in [0.29, 0.717) is 19.4 Å². The summed E-state index contributed by atoms with van der Waals surface area (Å²) in [5.41, 5.74) is 0.0715. The van der Waals surface area contributed by atoms with E-state index in [1.54, 1.807) is 14.0 Å². The van der Waals surface area contributed by atoms with Crippen LogP contribution in [0.3, 0.4) is 0 Å². The maximum atomic E-state index is 12.6. The zero-order valence-corrected chi connectivity index (χ0v) is 14.5. The molecular formula is C19H27NO4. The highest BCUT2D eigenvalue weighted by atomic mass is 16.5. The van der Waals surface area contributed by atoms with Gasteiger partial charge in [0.1, 0.15) is 18.1 Å². The highest BCUT2D eigenvalue weighted by molar-refractivity contribution is 5.85. The summed E-state index contributed by atoms with van der Waals surface area (Å²) in [4.78, 5) is 24.6. The third-order valence-corrected chi connectivity index (χ3v) is 4.77. The van der Waals surface area contributed by atoms with Crippen LogP contribution in [0.5, 0.6) is 5.75 Å². The molecule has 1 atom stereocenters. The van der Waals surface area contributed by atoms with Gasteiger partial charge in [0.05, 0.1) is 19.1 Å². The second-order valence-electron chi connectivity index (χ2n) is 6.32. The van der Waals surface area contributed by atoms with E-state index in [4.69, 9.17) is 9.47 Å². The van der Waals surface area contributed by atoms with Gasteiger partial charge in [-0.3, -0.25) is 0 Å². The predicted octanol–water partition coefficient (Wildman–Crippen LogP) is 3.58. The predicted molar refractivity (Wildman–Crippen MR) is 93.2 cm³/mol. The van der Waals surface area contributed by atoms with Crippen molar-refractivity contribution >= 4 is 17.9 Å². The number of carbonyl (C=O) groups excluding carboxylic acids is 2. The van der Waals surface area contributed by atoms with Crippen LogP contribution < -0.4 is 10.1 Å². The lowest BCUT2D eigenvalue weighted by atomic mass is 9.75.